The molecule has 4 rings (SSSR count). The average Bonchev–Trinajstić information content (AvgIpc) is 3.18. The second kappa shape index (κ2) is 10.3. The second-order valence-corrected chi connectivity index (χ2v) is 8.09. The first-order valence-electron chi connectivity index (χ1n) is 11.0. The van der Waals surface area contributed by atoms with Crippen LogP contribution in [0.2, 0.25) is 0 Å². The van der Waals surface area contributed by atoms with Crippen molar-refractivity contribution in [2.45, 2.75) is 25.0 Å². The molecule has 3 aromatic rings. The van der Waals surface area contributed by atoms with Crippen molar-refractivity contribution in [1.29, 1.82) is 0 Å². The summed E-state index contributed by atoms with van der Waals surface area (Å²) in [6.45, 7) is 0.904. The molecule has 7 heteroatoms. The highest BCUT2D eigenvalue weighted by Crippen LogP contribution is 2.44. The first-order valence-corrected chi connectivity index (χ1v) is 11.0. The molecule has 1 aliphatic rings. The molecule has 174 valence electrons. The highest BCUT2D eigenvalue weighted by molar-refractivity contribution is 5.98. The van der Waals surface area contributed by atoms with Crippen LogP contribution in [0.1, 0.15) is 34.3 Å². The molecular formula is C27H25NO6. The third kappa shape index (κ3) is 5.00. The molecule has 0 fully saturated rings. The maximum atomic E-state index is 12.5. The van der Waals surface area contributed by atoms with E-state index in [-0.39, 0.29) is 18.3 Å². The zero-order valence-electron chi connectivity index (χ0n) is 18.6. The lowest BCUT2D eigenvalue weighted by Crippen LogP contribution is -2.49. The van der Waals surface area contributed by atoms with Gasteiger partial charge in [0.25, 0.3) is 0 Å². The summed E-state index contributed by atoms with van der Waals surface area (Å²) >= 11 is 0. The molecule has 0 bridgehead atoms. The van der Waals surface area contributed by atoms with Crippen molar-refractivity contribution in [2.75, 3.05) is 13.2 Å². The van der Waals surface area contributed by atoms with E-state index in [4.69, 9.17) is 9.47 Å². The standard InChI is InChI=1S/C27H25NO6/c1-17(29)25(26(31)33-16-24(30)18-9-3-2-4-10-18)28-27(32)34-15-23-21-13-7-5-11-19(21)20-12-6-8-14-22(20)23/h2-14,17,23,25,29H,15-16H2,1H3,(H,28,32). The quantitative estimate of drug-likeness (QED) is 0.393. The Morgan fingerprint density at radius 2 is 1.41 bits per heavy atom. The largest absolute Gasteiger partial charge is 0.456 e. The fourth-order valence-electron chi connectivity index (χ4n) is 4.08. The lowest BCUT2D eigenvalue weighted by Gasteiger charge is -2.20. The van der Waals surface area contributed by atoms with Crippen molar-refractivity contribution in [2.24, 2.45) is 0 Å². The van der Waals surface area contributed by atoms with Gasteiger partial charge in [0.05, 0.1) is 6.10 Å². The number of amides is 1. The molecule has 2 atom stereocenters. The van der Waals surface area contributed by atoms with Gasteiger partial charge < -0.3 is 19.9 Å². The van der Waals surface area contributed by atoms with Crippen molar-refractivity contribution in [3.63, 3.8) is 0 Å². The van der Waals surface area contributed by atoms with Gasteiger partial charge in [-0.3, -0.25) is 4.79 Å². The Hall–Kier alpha value is -3.97. The van der Waals surface area contributed by atoms with Crippen LogP contribution in [0, 0.1) is 0 Å². The van der Waals surface area contributed by atoms with Crippen molar-refractivity contribution < 1.29 is 29.0 Å². The molecule has 2 unspecified atom stereocenters. The lowest BCUT2D eigenvalue weighted by atomic mass is 9.98. The highest BCUT2D eigenvalue weighted by Gasteiger charge is 2.31. The second-order valence-electron chi connectivity index (χ2n) is 8.09. The topological polar surface area (TPSA) is 102 Å². The van der Waals surface area contributed by atoms with Crippen LogP contribution in [-0.4, -0.2) is 48.3 Å². The summed E-state index contributed by atoms with van der Waals surface area (Å²) in [5, 5.41) is 12.4. The summed E-state index contributed by atoms with van der Waals surface area (Å²) in [6, 6.07) is 22.9. The summed E-state index contributed by atoms with van der Waals surface area (Å²) in [4.78, 5) is 37.1. The van der Waals surface area contributed by atoms with Crippen LogP contribution in [0.4, 0.5) is 4.79 Å². The van der Waals surface area contributed by atoms with E-state index < -0.39 is 30.8 Å². The number of esters is 1. The molecule has 1 aliphatic carbocycles. The molecule has 34 heavy (non-hydrogen) atoms. The number of ketones is 1. The number of hydrogen-bond acceptors (Lipinski definition) is 6. The minimum atomic E-state index is -1.38. The lowest BCUT2D eigenvalue weighted by molar-refractivity contribution is -0.147. The number of fused-ring (bicyclic) bond motifs is 3. The third-order valence-electron chi connectivity index (χ3n) is 5.79. The van der Waals surface area contributed by atoms with E-state index in [9.17, 15) is 19.5 Å². The van der Waals surface area contributed by atoms with E-state index in [1.807, 2.05) is 48.5 Å². The number of hydrogen-bond donors (Lipinski definition) is 2. The number of nitrogens with one attached hydrogen (secondary N) is 1. The van der Waals surface area contributed by atoms with Crippen LogP contribution in [0.25, 0.3) is 11.1 Å². The smallest absolute Gasteiger partial charge is 0.407 e. The molecule has 0 radical (unpaired) electrons. The maximum absolute atomic E-state index is 12.5. The molecule has 3 aromatic carbocycles. The first-order chi connectivity index (χ1) is 16.5. The van der Waals surface area contributed by atoms with Gasteiger partial charge in [0.1, 0.15) is 6.61 Å². The minimum Gasteiger partial charge on any atom is -0.456 e. The van der Waals surface area contributed by atoms with Crippen molar-refractivity contribution in [3.8, 4) is 11.1 Å². The van der Waals surface area contributed by atoms with Gasteiger partial charge in [-0.2, -0.15) is 0 Å². The van der Waals surface area contributed by atoms with Gasteiger partial charge in [0, 0.05) is 11.5 Å². The van der Waals surface area contributed by atoms with E-state index >= 15 is 0 Å². The number of aliphatic hydroxyl groups excluding tert-OH is 1. The van der Waals surface area contributed by atoms with Gasteiger partial charge in [0.2, 0.25) is 0 Å². The molecule has 0 spiro atoms. The van der Waals surface area contributed by atoms with Gasteiger partial charge in [-0.15, -0.1) is 0 Å². The van der Waals surface area contributed by atoms with Gasteiger partial charge in [-0.05, 0) is 29.2 Å². The molecule has 0 saturated carbocycles. The number of carbonyl (C=O) groups excluding carboxylic acids is 3. The fourth-order valence-corrected chi connectivity index (χ4v) is 4.08. The van der Waals surface area contributed by atoms with E-state index in [0.717, 1.165) is 22.3 Å². The molecule has 0 aliphatic heterocycles. The van der Waals surface area contributed by atoms with E-state index in [1.54, 1.807) is 30.3 Å². The number of rotatable bonds is 8. The average molecular weight is 459 g/mol. The maximum Gasteiger partial charge on any atom is 0.407 e. The van der Waals surface area contributed by atoms with Crippen molar-refractivity contribution >= 4 is 17.8 Å². The number of alkyl carbamates (subject to hydrolysis) is 1. The number of ether oxygens (including phenoxy) is 2. The van der Waals surface area contributed by atoms with Crippen LogP contribution < -0.4 is 5.32 Å². The molecule has 7 nitrogen and oxygen atoms in total. The predicted molar refractivity (Wildman–Crippen MR) is 125 cm³/mol. The molecule has 0 saturated heterocycles. The van der Waals surface area contributed by atoms with E-state index in [2.05, 4.69) is 5.32 Å². The van der Waals surface area contributed by atoms with Gasteiger partial charge in [-0.1, -0.05) is 78.9 Å². The van der Waals surface area contributed by atoms with Crippen LogP contribution in [0.3, 0.4) is 0 Å². The van der Waals surface area contributed by atoms with E-state index in [0.29, 0.717) is 5.56 Å². The Labute approximate surface area is 197 Å². The Kier molecular flexibility index (Phi) is 7.04. The molecular weight excluding hydrogens is 434 g/mol. The van der Waals surface area contributed by atoms with E-state index in [1.165, 1.54) is 6.92 Å². The summed E-state index contributed by atoms with van der Waals surface area (Å²) in [5.74, 6) is -1.45. The van der Waals surface area contributed by atoms with Crippen LogP contribution in [0.5, 0.6) is 0 Å². The molecule has 0 aromatic heterocycles. The SMILES string of the molecule is CC(O)C(NC(=O)OCC1c2ccccc2-c2ccccc21)C(=O)OCC(=O)c1ccccc1. The number of carbonyl (C=O) groups is 3. The van der Waals surface area contributed by atoms with Crippen molar-refractivity contribution in [1.82, 2.24) is 5.32 Å². The zero-order chi connectivity index (χ0) is 24.1. The zero-order valence-corrected chi connectivity index (χ0v) is 18.6. The minimum absolute atomic E-state index is 0.0634. The Balaban J connectivity index is 1.35. The van der Waals surface area contributed by atoms with Crippen LogP contribution in [0.15, 0.2) is 78.9 Å². The number of benzene rings is 3. The normalized spacial score (nSPS) is 13.8. The summed E-state index contributed by atoms with van der Waals surface area (Å²) < 4.78 is 10.5. The number of Topliss-reactive ketones (excluding diaryl/α,β-unsaturated/α-hetero) is 1. The molecule has 1 amide bonds. The van der Waals surface area contributed by atoms with Gasteiger partial charge >= 0.3 is 12.1 Å². The van der Waals surface area contributed by atoms with Crippen LogP contribution in [-0.2, 0) is 14.3 Å². The number of aliphatic hydroxyl groups is 1. The predicted octanol–water partition coefficient (Wildman–Crippen LogP) is 3.70. The third-order valence-corrected chi connectivity index (χ3v) is 5.79. The highest BCUT2D eigenvalue weighted by atomic mass is 16.6. The Morgan fingerprint density at radius 1 is 0.853 bits per heavy atom. The Bertz CT molecular complexity index is 1140. The monoisotopic (exact) mass is 459 g/mol. The fraction of sp³-hybridized carbons (Fsp3) is 0.222. The van der Waals surface area contributed by atoms with Gasteiger partial charge in [-0.25, -0.2) is 9.59 Å². The molecule has 2 N–H and O–H groups in total. The summed E-state index contributed by atoms with van der Waals surface area (Å²) in [5.41, 5.74) is 4.71. The van der Waals surface area contributed by atoms with Crippen LogP contribution >= 0.6 is 0 Å². The van der Waals surface area contributed by atoms with Crippen molar-refractivity contribution in [3.05, 3.63) is 95.6 Å². The Morgan fingerprint density at radius 3 is 2.00 bits per heavy atom. The summed E-state index contributed by atoms with van der Waals surface area (Å²) in [6.07, 6.45) is -2.11. The first kappa shape index (κ1) is 23.2. The summed E-state index contributed by atoms with van der Waals surface area (Å²) in [7, 11) is 0. The van der Waals surface area contributed by atoms with Gasteiger partial charge in [0.15, 0.2) is 18.4 Å². The molecule has 0 heterocycles.